The van der Waals surface area contributed by atoms with Crippen molar-refractivity contribution in [2.24, 2.45) is 5.92 Å². The first-order valence-electron chi connectivity index (χ1n) is 10.0. The van der Waals surface area contributed by atoms with Gasteiger partial charge in [-0.05, 0) is 63.9 Å². The summed E-state index contributed by atoms with van der Waals surface area (Å²) in [5.41, 5.74) is 0.570. The van der Waals surface area contributed by atoms with E-state index < -0.39 is 0 Å². The number of carbonyl (C=O) groups excluding carboxylic acids is 2. The third-order valence-corrected chi connectivity index (χ3v) is 4.80. The number of nitrogens with zero attached hydrogens (tertiary/aromatic N) is 1. The lowest BCUT2D eigenvalue weighted by molar-refractivity contribution is -0.123. The van der Waals surface area contributed by atoms with Crippen molar-refractivity contribution in [3.05, 3.63) is 23.8 Å². The quantitative estimate of drug-likeness (QED) is 0.674. The Labute approximate surface area is 167 Å². The van der Waals surface area contributed by atoms with Crippen molar-refractivity contribution in [1.29, 1.82) is 0 Å². The van der Waals surface area contributed by atoms with Gasteiger partial charge in [0.15, 0.2) is 18.1 Å². The molecule has 1 aromatic rings. The van der Waals surface area contributed by atoms with Gasteiger partial charge < -0.3 is 25.0 Å². The largest absolute Gasteiger partial charge is 0.493 e. The molecule has 7 heteroatoms. The first-order valence-corrected chi connectivity index (χ1v) is 10.0. The molecule has 1 saturated heterocycles. The second-order valence-corrected chi connectivity index (χ2v) is 7.42. The Morgan fingerprint density at radius 2 is 1.93 bits per heavy atom. The van der Waals surface area contributed by atoms with Crippen molar-refractivity contribution in [3.8, 4) is 11.5 Å². The van der Waals surface area contributed by atoms with E-state index in [1.807, 2.05) is 18.7 Å². The first-order chi connectivity index (χ1) is 13.4. The minimum Gasteiger partial charge on any atom is -0.493 e. The summed E-state index contributed by atoms with van der Waals surface area (Å²) in [6.45, 7) is 9.33. The minimum atomic E-state index is -0.197. The highest BCUT2D eigenvalue weighted by Gasteiger charge is 2.24. The number of amides is 2. The summed E-state index contributed by atoms with van der Waals surface area (Å²) >= 11 is 0. The van der Waals surface area contributed by atoms with E-state index in [0.717, 1.165) is 39.0 Å². The van der Waals surface area contributed by atoms with Crippen LogP contribution in [-0.2, 0) is 4.79 Å². The average molecular weight is 392 g/mol. The van der Waals surface area contributed by atoms with Crippen molar-refractivity contribution in [2.45, 2.75) is 39.7 Å². The van der Waals surface area contributed by atoms with Crippen LogP contribution in [0.15, 0.2) is 18.2 Å². The molecule has 0 unspecified atom stereocenters. The van der Waals surface area contributed by atoms with E-state index in [2.05, 4.69) is 17.6 Å². The Balaban J connectivity index is 1.95. The Morgan fingerprint density at radius 3 is 2.54 bits per heavy atom. The van der Waals surface area contributed by atoms with Gasteiger partial charge in [-0.2, -0.15) is 0 Å². The lowest BCUT2D eigenvalue weighted by atomic mass is 9.96. The summed E-state index contributed by atoms with van der Waals surface area (Å²) in [5.74, 6) is 1.33. The Hall–Kier alpha value is -2.28. The number of carbonyl (C=O) groups is 2. The lowest BCUT2D eigenvalue weighted by Gasteiger charge is -2.32. The fraction of sp³-hybridized carbons (Fsp3) is 0.619. The molecule has 0 spiro atoms. The van der Waals surface area contributed by atoms with Gasteiger partial charge in [-0.15, -0.1) is 0 Å². The normalized spacial score (nSPS) is 14.8. The molecule has 1 fully saturated rings. The van der Waals surface area contributed by atoms with Crippen LogP contribution in [0.2, 0.25) is 0 Å². The van der Waals surface area contributed by atoms with Crippen molar-refractivity contribution >= 4 is 11.8 Å². The van der Waals surface area contributed by atoms with Gasteiger partial charge >= 0.3 is 0 Å². The van der Waals surface area contributed by atoms with Crippen molar-refractivity contribution in [1.82, 2.24) is 15.5 Å². The van der Waals surface area contributed by atoms with E-state index in [4.69, 9.17) is 9.47 Å². The predicted molar refractivity (Wildman–Crippen MR) is 109 cm³/mol. The summed E-state index contributed by atoms with van der Waals surface area (Å²) in [6.07, 6.45) is 2.03. The number of hydrogen-bond donors (Lipinski definition) is 2. The van der Waals surface area contributed by atoms with Gasteiger partial charge in [0.25, 0.3) is 11.8 Å². The Bertz CT molecular complexity index is 655. The second-order valence-electron chi connectivity index (χ2n) is 7.42. The van der Waals surface area contributed by atoms with Gasteiger partial charge in [0.05, 0.1) is 7.11 Å². The topological polar surface area (TPSA) is 79.9 Å². The molecule has 0 atom stereocenters. The maximum atomic E-state index is 12.8. The molecular weight excluding hydrogens is 358 g/mol. The molecule has 1 aromatic carbocycles. The molecule has 2 rings (SSSR count). The van der Waals surface area contributed by atoms with E-state index in [1.54, 1.807) is 18.2 Å². The van der Waals surface area contributed by atoms with Crippen molar-refractivity contribution < 1.29 is 19.1 Å². The number of ether oxygens (including phenoxy) is 2. The number of benzene rings is 1. The maximum absolute atomic E-state index is 12.8. The molecule has 1 heterocycles. The first kappa shape index (κ1) is 22.0. The van der Waals surface area contributed by atoms with Crippen LogP contribution >= 0.6 is 0 Å². The molecule has 1 aliphatic heterocycles. The number of rotatable bonds is 9. The Morgan fingerprint density at radius 1 is 1.21 bits per heavy atom. The molecule has 0 aromatic heterocycles. The number of likely N-dealkylation sites (tertiary alicyclic amines) is 1. The third kappa shape index (κ3) is 6.41. The second kappa shape index (κ2) is 10.9. The van der Waals surface area contributed by atoms with Gasteiger partial charge in [0.1, 0.15) is 0 Å². The molecule has 2 N–H and O–H groups in total. The lowest BCUT2D eigenvalue weighted by Crippen LogP contribution is -2.40. The summed E-state index contributed by atoms with van der Waals surface area (Å²) in [4.78, 5) is 26.5. The summed E-state index contributed by atoms with van der Waals surface area (Å²) in [7, 11) is 1.52. The van der Waals surface area contributed by atoms with Crippen LogP contribution in [-0.4, -0.2) is 62.7 Å². The summed E-state index contributed by atoms with van der Waals surface area (Å²) in [5, 5.41) is 6.15. The van der Waals surface area contributed by atoms with Crippen LogP contribution in [0.25, 0.3) is 0 Å². The van der Waals surface area contributed by atoms with E-state index >= 15 is 0 Å². The molecule has 2 amide bonds. The van der Waals surface area contributed by atoms with Gasteiger partial charge in [-0.25, -0.2) is 0 Å². The van der Waals surface area contributed by atoms with Crippen LogP contribution in [0.3, 0.4) is 0 Å². The molecule has 0 bridgehead atoms. The summed E-state index contributed by atoms with van der Waals surface area (Å²) < 4.78 is 10.9. The number of hydrogen-bond acceptors (Lipinski definition) is 5. The van der Waals surface area contributed by atoms with Crippen molar-refractivity contribution in [3.63, 3.8) is 0 Å². The highest BCUT2D eigenvalue weighted by Crippen LogP contribution is 2.29. The zero-order chi connectivity index (χ0) is 20.5. The fourth-order valence-electron chi connectivity index (χ4n) is 3.30. The number of methoxy groups -OCH3 is 1. The van der Waals surface area contributed by atoms with E-state index in [-0.39, 0.29) is 24.5 Å². The SMILES string of the molecule is CCNCC1CCN(C(=O)c2ccc(OCC(=O)NC(C)C)c(OC)c2)CC1. The monoisotopic (exact) mass is 391 g/mol. The maximum Gasteiger partial charge on any atom is 0.258 e. The Kier molecular flexibility index (Phi) is 8.57. The van der Waals surface area contributed by atoms with Crippen LogP contribution < -0.4 is 20.1 Å². The van der Waals surface area contributed by atoms with Gasteiger partial charge in [-0.1, -0.05) is 6.92 Å². The highest BCUT2D eigenvalue weighted by molar-refractivity contribution is 5.95. The molecular formula is C21H33N3O4. The smallest absolute Gasteiger partial charge is 0.258 e. The van der Waals surface area contributed by atoms with Crippen LogP contribution in [0.1, 0.15) is 44.0 Å². The third-order valence-electron chi connectivity index (χ3n) is 4.80. The molecule has 28 heavy (non-hydrogen) atoms. The van der Waals surface area contributed by atoms with Crippen LogP contribution in [0, 0.1) is 5.92 Å². The van der Waals surface area contributed by atoms with Crippen molar-refractivity contribution in [2.75, 3.05) is 39.9 Å². The van der Waals surface area contributed by atoms with Gasteiger partial charge in [-0.3, -0.25) is 9.59 Å². The molecule has 7 nitrogen and oxygen atoms in total. The van der Waals surface area contributed by atoms with Crippen LogP contribution in [0.4, 0.5) is 0 Å². The highest BCUT2D eigenvalue weighted by atomic mass is 16.5. The molecule has 156 valence electrons. The molecule has 0 saturated carbocycles. The number of nitrogens with one attached hydrogen (secondary N) is 2. The molecule has 0 radical (unpaired) electrons. The van der Waals surface area contributed by atoms with E-state index in [1.165, 1.54) is 7.11 Å². The zero-order valence-corrected chi connectivity index (χ0v) is 17.4. The number of piperidine rings is 1. The van der Waals surface area contributed by atoms with Gasteiger partial charge in [0.2, 0.25) is 0 Å². The van der Waals surface area contributed by atoms with E-state index in [0.29, 0.717) is 23.0 Å². The predicted octanol–water partition coefficient (Wildman–Crippen LogP) is 2.06. The average Bonchev–Trinajstić information content (AvgIpc) is 2.70. The zero-order valence-electron chi connectivity index (χ0n) is 17.4. The fourth-order valence-corrected chi connectivity index (χ4v) is 3.30. The minimum absolute atomic E-state index is 0.00398. The standard InChI is InChI=1S/C21H33N3O4/c1-5-22-13-16-8-10-24(11-9-16)21(26)17-6-7-18(19(12-17)27-4)28-14-20(25)23-15(2)3/h6-7,12,15-16,22H,5,8-11,13-14H2,1-4H3,(H,23,25). The van der Waals surface area contributed by atoms with Crippen LogP contribution in [0.5, 0.6) is 11.5 Å². The van der Waals surface area contributed by atoms with Gasteiger partial charge in [0, 0.05) is 24.7 Å². The summed E-state index contributed by atoms with van der Waals surface area (Å²) in [6, 6.07) is 5.15. The molecule has 1 aliphatic rings. The van der Waals surface area contributed by atoms with E-state index in [9.17, 15) is 9.59 Å². The molecule has 0 aliphatic carbocycles.